The quantitative estimate of drug-likeness (QED) is 0.328. The summed E-state index contributed by atoms with van der Waals surface area (Å²) in [4.78, 5) is 28.7. The zero-order valence-electron chi connectivity index (χ0n) is 21.7. The van der Waals surface area contributed by atoms with Crippen molar-refractivity contribution in [1.82, 2.24) is 14.9 Å². The Bertz CT molecular complexity index is 1300. The SMILES string of the molecule is CCNC(=O)C(Cc1ccccc1)N(Cc1ccc(Cl)cc1)C(=O)CCc1ccc(S(=O)(=O)NCC)cc1. The fourth-order valence-corrected chi connectivity index (χ4v) is 5.30. The number of hydrogen-bond donors (Lipinski definition) is 2. The molecule has 0 aliphatic heterocycles. The Morgan fingerprint density at radius 3 is 2.08 bits per heavy atom. The molecule has 1 atom stereocenters. The number of nitrogens with zero attached hydrogens (tertiary/aromatic N) is 1. The van der Waals surface area contributed by atoms with Crippen LogP contribution in [-0.4, -0.2) is 44.3 Å². The van der Waals surface area contributed by atoms with Gasteiger partial charge in [0, 0.05) is 37.5 Å². The van der Waals surface area contributed by atoms with E-state index in [1.165, 1.54) is 12.1 Å². The molecule has 3 rings (SSSR count). The summed E-state index contributed by atoms with van der Waals surface area (Å²) in [7, 11) is -3.54. The van der Waals surface area contributed by atoms with Crippen molar-refractivity contribution < 1.29 is 18.0 Å². The molecule has 1 unspecified atom stereocenters. The highest BCUT2D eigenvalue weighted by atomic mass is 35.5. The molecular formula is C29H34ClN3O4S. The zero-order chi connectivity index (χ0) is 27.5. The predicted octanol–water partition coefficient (Wildman–Crippen LogP) is 4.35. The van der Waals surface area contributed by atoms with Crippen LogP contribution in [0.15, 0.2) is 83.8 Å². The second kappa shape index (κ2) is 14.1. The van der Waals surface area contributed by atoms with Crippen molar-refractivity contribution in [2.24, 2.45) is 0 Å². The number of carbonyl (C=O) groups excluding carboxylic acids is 2. The van der Waals surface area contributed by atoms with Crippen molar-refractivity contribution in [3.05, 3.63) is 101 Å². The maximum atomic E-state index is 13.7. The van der Waals surface area contributed by atoms with Gasteiger partial charge in [0.15, 0.2) is 0 Å². The molecule has 0 radical (unpaired) electrons. The number of aryl methyl sites for hydroxylation is 1. The monoisotopic (exact) mass is 555 g/mol. The highest BCUT2D eigenvalue weighted by Gasteiger charge is 2.30. The molecule has 3 aromatic rings. The zero-order valence-corrected chi connectivity index (χ0v) is 23.3. The van der Waals surface area contributed by atoms with Crippen LogP contribution in [0.25, 0.3) is 0 Å². The fraction of sp³-hybridized carbons (Fsp3) is 0.310. The Hall–Kier alpha value is -3.20. The number of carbonyl (C=O) groups is 2. The van der Waals surface area contributed by atoms with Gasteiger partial charge in [-0.15, -0.1) is 0 Å². The van der Waals surface area contributed by atoms with Crippen LogP contribution in [0.4, 0.5) is 0 Å². The van der Waals surface area contributed by atoms with Crippen LogP contribution in [0.3, 0.4) is 0 Å². The van der Waals surface area contributed by atoms with Crippen LogP contribution in [0.2, 0.25) is 5.02 Å². The molecule has 0 fully saturated rings. The standard InChI is InChI=1S/C29H34ClN3O4S/c1-3-31-29(35)27(20-23-8-6-5-7-9-23)33(21-24-10-15-25(30)16-11-24)28(34)19-14-22-12-17-26(18-13-22)38(36,37)32-4-2/h5-13,15-18,27,32H,3-4,14,19-21H2,1-2H3,(H,31,35). The second-order valence-electron chi connectivity index (χ2n) is 8.89. The van der Waals surface area contributed by atoms with Crippen molar-refractivity contribution in [3.8, 4) is 0 Å². The molecule has 38 heavy (non-hydrogen) atoms. The van der Waals surface area contributed by atoms with Crippen molar-refractivity contribution in [2.45, 2.75) is 50.6 Å². The van der Waals surface area contributed by atoms with Crippen LogP contribution in [0.5, 0.6) is 0 Å². The van der Waals surface area contributed by atoms with E-state index in [0.717, 1.165) is 16.7 Å². The lowest BCUT2D eigenvalue weighted by molar-refractivity contribution is -0.141. The number of sulfonamides is 1. The van der Waals surface area contributed by atoms with Crippen LogP contribution < -0.4 is 10.0 Å². The third kappa shape index (κ3) is 8.41. The first-order valence-corrected chi connectivity index (χ1v) is 14.5. The number of likely N-dealkylation sites (N-methyl/N-ethyl adjacent to an activating group) is 1. The molecule has 0 aliphatic rings. The van der Waals surface area contributed by atoms with E-state index in [9.17, 15) is 18.0 Å². The highest BCUT2D eigenvalue weighted by Crippen LogP contribution is 2.19. The van der Waals surface area contributed by atoms with Gasteiger partial charge in [-0.25, -0.2) is 13.1 Å². The Morgan fingerprint density at radius 2 is 1.47 bits per heavy atom. The molecule has 0 saturated carbocycles. The van der Waals surface area contributed by atoms with E-state index < -0.39 is 16.1 Å². The van der Waals surface area contributed by atoms with Crippen LogP contribution in [-0.2, 0) is 39.0 Å². The number of rotatable bonds is 13. The molecule has 0 aliphatic carbocycles. The molecular weight excluding hydrogens is 522 g/mol. The number of hydrogen-bond acceptors (Lipinski definition) is 4. The van der Waals surface area contributed by atoms with Gasteiger partial charge in [0.05, 0.1) is 4.90 Å². The predicted molar refractivity (Wildman–Crippen MR) is 150 cm³/mol. The first kappa shape index (κ1) is 29.4. The van der Waals surface area contributed by atoms with E-state index in [2.05, 4.69) is 10.0 Å². The van der Waals surface area contributed by atoms with Crippen LogP contribution in [0, 0.1) is 0 Å². The number of benzene rings is 3. The second-order valence-corrected chi connectivity index (χ2v) is 11.1. The van der Waals surface area contributed by atoms with Gasteiger partial charge in [0.2, 0.25) is 21.8 Å². The third-order valence-corrected chi connectivity index (χ3v) is 7.90. The molecule has 202 valence electrons. The lowest BCUT2D eigenvalue weighted by Gasteiger charge is -2.31. The summed E-state index contributed by atoms with van der Waals surface area (Å²) >= 11 is 6.06. The number of amides is 2. The minimum Gasteiger partial charge on any atom is -0.355 e. The summed E-state index contributed by atoms with van der Waals surface area (Å²) in [5, 5.41) is 3.48. The summed E-state index contributed by atoms with van der Waals surface area (Å²) in [6, 6.07) is 22.7. The van der Waals surface area contributed by atoms with Gasteiger partial charge >= 0.3 is 0 Å². The highest BCUT2D eigenvalue weighted by molar-refractivity contribution is 7.89. The van der Waals surface area contributed by atoms with Crippen molar-refractivity contribution in [1.29, 1.82) is 0 Å². The summed E-state index contributed by atoms with van der Waals surface area (Å²) in [6.45, 7) is 4.58. The molecule has 0 heterocycles. The van der Waals surface area contributed by atoms with E-state index in [1.807, 2.05) is 49.4 Å². The summed E-state index contributed by atoms with van der Waals surface area (Å²) < 4.78 is 26.9. The molecule has 2 amide bonds. The maximum Gasteiger partial charge on any atom is 0.243 e. The Morgan fingerprint density at radius 1 is 0.842 bits per heavy atom. The smallest absolute Gasteiger partial charge is 0.243 e. The van der Waals surface area contributed by atoms with Crippen LogP contribution in [0.1, 0.15) is 37.0 Å². The van der Waals surface area contributed by atoms with Gasteiger partial charge in [-0.3, -0.25) is 9.59 Å². The minimum atomic E-state index is -3.54. The average molecular weight is 556 g/mol. The average Bonchev–Trinajstić information content (AvgIpc) is 2.91. The fourth-order valence-electron chi connectivity index (χ4n) is 4.14. The summed E-state index contributed by atoms with van der Waals surface area (Å²) in [5.74, 6) is -0.381. The third-order valence-electron chi connectivity index (χ3n) is 6.08. The molecule has 0 bridgehead atoms. The normalized spacial score (nSPS) is 12.1. The largest absolute Gasteiger partial charge is 0.355 e. The Balaban J connectivity index is 1.84. The van der Waals surface area contributed by atoms with Gasteiger partial charge in [-0.2, -0.15) is 0 Å². The molecule has 0 spiro atoms. The lowest BCUT2D eigenvalue weighted by Crippen LogP contribution is -2.50. The number of nitrogens with one attached hydrogen (secondary N) is 2. The van der Waals surface area contributed by atoms with E-state index in [1.54, 1.807) is 36.1 Å². The molecule has 9 heteroatoms. The molecule has 3 aromatic carbocycles. The van der Waals surface area contributed by atoms with Crippen molar-refractivity contribution >= 4 is 33.4 Å². The molecule has 0 saturated heterocycles. The maximum absolute atomic E-state index is 13.7. The number of halogens is 1. The summed E-state index contributed by atoms with van der Waals surface area (Å²) in [5.41, 5.74) is 2.65. The van der Waals surface area contributed by atoms with Crippen LogP contribution >= 0.6 is 11.6 Å². The molecule has 7 nitrogen and oxygen atoms in total. The topological polar surface area (TPSA) is 95.6 Å². The minimum absolute atomic E-state index is 0.164. The lowest BCUT2D eigenvalue weighted by atomic mass is 10.0. The molecule has 2 N–H and O–H groups in total. The Kier molecular flexibility index (Phi) is 10.9. The van der Waals surface area contributed by atoms with Crippen molar-refractivity contribution in [3.63, 3.8) is 0 Å². The van der Waals surface area contributed by atoms with Gasteiger partial charge in [0.1, 0.15) is 6.04 Å². The van der Waals surface area contributed by atoms with Gasteiger partial charge < -0.3 is 10.2 Å². The van der Waals surface area contributed by atoms with E-state index >= 15 is 0 Å². The summed E-state index contributed by atoms with van der Waals surface area (Å²) in [6.07, 6.45) is 0.950. The van der Waals surface area contributed by atoms with Gasteiger partial charge in [-0.05, 0) is 54.3 Å². The Labute approximate surface area is 230 Å². The van der Waals surface area contributed by atoms with Crippen molar-refractivity contribution in [2.75, 3.05) is 13.1 Å². The first-order chi connectivity index (χ1) is 18.2. The van der Waals surface area contributed by atoms with Gasteiger partial charge in [-0.1, -0.05) is 73.1 Å². The van der Waals surface area contributed by atoms with E-state index in [0.29, 0.717) is 31.0 Å². The molecule has 0 aromatic heterocycles. The first-order valence-electron chi connectivity index (χ1n) is 12.7. The van der Waals surface area contributed by atoms with Gasteiger partial charge in [0.25, 0.3) is 0 Å². The van der Waals surface area contributed by atoms with E-state index in [4.69, 9.17) is 11.6 Å². The van der Waals surface area contributed by atoms with E-state index in [-0.39, 0.29) is 29.7 Å².